The molecule has 0 bridgehead atoms. The molecule has 0 aliphatic carbocycles. The van der Waals surface area contributed by atoms with Crippen molar-refractivity contribution in [2.24, 2.45) is 0 Å². The molecule has 2 heterocycles. The summed E-state index contributed by atoms with van der Waals surface area (Å²) < 4.78 is 5.78. The Labute approximate surface area is 99.5 Å². The molecule has 94 valence electrons. The molecule has 2 aliphatic heterocycles. The highest BCUT2D eigenvalue weighted by Crippen LogP contribution is 2.16. The predicted octanol–water partition coefficient (Wildman–Crippen LogP) is 1.63. The lowest BCUT2D eigenvalue weighted by atomic mass is 10.1. The second-order valence-corrected chi connectivity index (χ2v) is 5.29. The Kier molecular flexibility index (Phi) is 5.07. The number of rotatable bonds is 3. The average molecular weight is 226 g/mol. The summed E-state index contributed by atoms with van der Waals surface area (Å²) in [5.41, 5.74) is 0. The van der Waals surface area contributed by atoms with Crippen LogP contribution in [0, 0.1) is 0 Å². The van der Waals surface area contributed by atoms with Crippen LogP contribution in [0.5, 0.6) is 0 Å². The van der Waals surface area contributed by atoms with Crippen LogP contribution in [0.25, 0.3) is 0 Å². The fourth-order valence-corrected chi connectivity index (χ4v) is 2.76. The van der Waals surface area contributed by atoms with Gasteiger partial charge in [0.15, 0.2) is 0 Å². The highest BCUT2D eigenvalue weighted by atomic mass is 16.5. The Morgan fingerprint density at radius 3 is 3.06 bits per heavy atom. The molecule has 3 heteroatoms. The van der Waals surface area contributed by atoms with Crippen molar-refractivity contribution >= 4 is 0 Å². The molecule has 2 unspecified atom stereocenters. The third kappa shape index (κ3) is 4.04. The molecule has 0 aromatic heterocycles. The lowest BCUT2D eigenvalue weighted by Gasteiger charge is -2.27. The molecule has 1 N–H and O–H groups in total. The number of nitrogens with one attached hydrogen (secondary N) is 1. The van der Waals surface area contributed by atoms with Crippen molar-refractivity contribution in [1.82, 2.24) is 10.2 Å². The van der Waals surface area contributed by atoms with E-state index in [-0.39, 0.29) is 0 Å². The van der Waals surface area contributed by atoms with E-state index in [0.29, 0.717) is 12.1 Å². The smallest absolute Gasteiger partial charge is 0.0587 e. The summed E-state index contributed by atoms with van der Waals surface area (Å²) in [6.07, 6.45) is 6.97. The molecule has 0 amide bonds. The molecule has 0 aromatic carbocycles. The van der Waals surface area contributed by atoms with Gasteiger partial charge in [-0.05, 0) is 52.1 Å². The van der Waals surface area contributed by atoms with E-state index in [4.69, 9.17) is 4.74 Å². The second kappa shape index (κ2) is 6.58. The Balaban J connectivity index is 1.67. The summed E-state index contributed by atoms with van der Waals surface area (Å²) in [7, 11) is 0. The average Bonchev–Trinajstić information content (AvgIpc) is 2.52. The zero-order valence-corrected chi connectivity index (χ0v) is 10.6. The Bertz CT molecular complexity index is 192. The van der Waals surface area contributed by atoms with Crippen LogP contribution in [0.15, 0.2) is 0 Å². The molecular weight excluding hydrogens is 200 g/mol. The lowest BCUT2D eigenvalue weighted by molar-refractivity contribution is 0.00551. The summed E-state index contributed by atoms with van der Waals surface area (Å²) >= 11 is 0. The largest absolute Gasteiger partial charge is 0.378 e. The summed E-state index contributed by atoms with van der Waals surface area (Å²) in [4.78, 5) is 2.60. The van der Waals surface area contributed by atoms with Crippen LogP contribution in [0.2, 0.25) is 0 Å². The first-order chi connectivity index (χ1) is 7.84. The third-order valence-electron chi connectivity index (χ3n) is 3.72. The van der Waals surface area contributed by atoms with E-state index in [1.54, 1.807) is 0 Å². The first-order valence-corrected chi connectivity index (χ1v) is 6.92. The van der Waals surface area contributed by atoms with Crippen LogP contribution in [0.3, 0.4) is 0 Å². The van der Waals surface area contributed by atoms with Gasteiger partial charge >= 0.3 is 0 Å². The molecule has 0 radical (unpaired) electrons. The highest BCUT2D eigenvalue weighted by molar-refractivity contribution is 4.74. The van der Waals surface area contributed by atoms with E-state index >= 15 is 0 Å². The van der Waals surface area contributed by atoms with Gasteiger partial charge in [0.25, 0.3) is 0 Å². The Hall–Kier alpha value is -0.120. The lowest BCUT2D eigenvalue weighted by Crippen LogP contribution is -2.37. The van der Waals surface area contributed by atoms with Gasteiger partial charge < -0.3 is 15.0 Å². The SMILES string of the molecule is CC1CN(CCC2CCCCO2)CCCN1. The minimum Gasteiger partial charge on any atom is -0.378 e. The van der Waals surface area contributed by atoms with E-state index in [1.807, 2.05) is 0 Å². The summed E-state index contributed by atoms with van der Waals surface area (Å²) in [5.74, 6) is 0. The van der Waals surface area contributed by atoms with Crippen molar-refractivity contribution in [3.8, 4) is 0 Å². The maximum Gasteiger partial charge on any atom is 0.0587 e. The zero-order valence-electron chi connectivity index (χ0n) is 10.6. The fourth-order valence-electron chi connectivity index (χ4n) is 2.76. The number of nitrogens with zero attached hydrogens (tertiary/aromatic N) is 1. The second-order valence-electron chi connectivity index (χ2n) is 5.29. The van der Waals surface area contributed by atoms with Crippen LogP contribution in [0.1, 0.15) is 39.0 Å². The minimum absolute atomic E-state index is 0.542. The topological polar surface area (TPSA) is 24.5 Å². The quantitative estimate of drug-likeness (QED) is 0.791. The molecule has 2 atom stereocenters. The van der Waals surface area contributed by atoms with E-state index in [1.165, 1.54) is 58.3 Å². The van der Waals surface area contributed by atoms with Crippen LogP contribution < -0.4 is 5.32 Å². The van der Waals surface area contributed by atoms with Crippen molar-refractivity contribution in [3.63, 3.8) is 0 Å². The van der Waals surface area contributed by atoms with Gasteiger partial charge in [0.05, 0.1) is 6.10 Å². The molecule has 0 aromatic rings. The molecule has 2 saturated heterocycles. The van der Waals surface area contributed by atoms with Crippen LogP contribution in [-0.4, -0.2) is 49.8 Å². The predicted molar refractivity (Wildman–Crippen MR) is 66.7 cm³/mol. The molecule has 2 aliphatic rings. The monoisotopic (exact) mass is 226 g/mol. The maximum absolute atomic E-state index is 5.78. The highest BCUT2D eigenvalue weighted by Gasteiger charge is 2.17. The zero-order chi connectivity index (χ0) is 11.2. The van der Waals surface area contributed by atoms with Crippen LogP contribution in [-0.2, 0) is 4.74 Å². The van der Waals surface area contributed by atoms with Crippen molar-refractivity contribution in [2.45, 2.75) is 51.2 Å². The van der Waals surface area contributed by atoms with Crippen molar-refractivity contribution in [3.05, 3.63) is 0 Å². The van der Waals surface area contributed by atoms with Gasteiger partial charge in [0.2, 0.25) is 0 Å². The molecule has 2 rings (SSSR count). The van der Waals surface area contributed by atoms with Crippen molar-refractivity contribution < 1.29 is 4.74 Å². The summed E-state index contributed by atoms with van der Waals surface area (Å²) in [5, 5.41) is 3.54. The summed E-state index contributed by atoms with van der Waals surface area (Å²) in [6, 6.07) is 0.648. The van der Waals surface area contributed by atoms with Crippen LogP contribution >= 0.6 is 0 Å². The van der Waals surface area contributed by atoms with E-state index in [2.05, 4.69) is 17.1 Å². The van der Waals surface area contributed by atoms with Gasteiger partial charge in [-0.2, -0.15) is 0 Å². The number of hydrogen-bond donors (Lipinski definition) is 1. The number of ether oxygens (including phenoxy) is 1. The van der Waals surface area contributed by atoms with Gasteiger partial charge in [-0.1, -0.05) is 0 Å². The van der Waals surface area contributed by atoms with Gasteiger partial charge in [-0.3, -0.25) is 0 Å². The van der Waals surface area contributed by atoms with E-state index < -0.39 is 0 Å². The fraction of sp³-hybridized carbons (Fsp3) is 1.00. The Morgan fingerprint density at radius 1 is 1.31 bits per heavy atom. The summed E-state index contributed by atoms with van der Waals surface area (Å²) in [6.45, 7) is 8.13. The van der Waals surface area contributed by atoms with Crippen molar-refractivity contribution in [1.29, 1.82) is 0 Å². The van der Waals surface area contributed by atoms with Gasteiger partial charge in [-0.25, -0.2) is 0 Å². The number of hydrogen-bond acceptors (Lipinski definition) is 3. The molecule has 16 heavy (non-hydrogen) atoms. The van der Waals surface area contributed by atoms with E-state index in [0.717, 1.165) is 6.61 Å². The molecular formula is C13H26N2O. The van der Waals surface area contributed by atoms with Crippen LogP contribution in [0.4, 0.5) is 0 Å². The third-order valence-corrected chi connectivity index (χ3v) is 3.72. The molecule has 0 saturated carbocycles. The molecule has 0 spiro atoms. The van der Waals surface area contributed by atoms with Gasteiger partial charge in [0, 0.05) is 25.7 Å². The van der Waals surface area contributed by atoms with Crippen molar-refractivity contribution in [2.75, 3.05) is 32.8 Å². The standard InChI is InChI=1S/C13H26N2O/c1-12-11-15(8-4-7-14-12)9-6-13-5-2-3-10-16-13/h12-14H,2-11H2,1H3. The first kappa shape index (κ1) is 12.3. The van der Waals surface area contributed by atoms with Gasteiger partial charge in [-0.15, -0.1) is 0 Å². The van der Waals surface area contributed by atoms with E-state index in [9.17, 15) is 0 Å². The maximum atomic E-state index is 5.78. The first-order valence-electron chi connectivity index (χ1n) is 6.92. The molecule has 3 nitrogen and oxygen atoms in total. The minimum atomic E-state index is 0.542. The Morgan fingerprint density at radius 2 is 2.25 bits per heavy atom. The van der Waals surface area contributed by atoms with Gasteiger partial charge in [0.1, 0.15) is 0 Å². The normalized spacial score (nSPS) is 33.6. The molecule has 2 fully saturated rings.